The first kappa shape index (κ1) is 12.8. The topological polar surface area (TPSA) is 86.7 Å². The molecule has 0 rings (SSSR count). The minimum atomic E-state index is -1.06. The molecule has 0 aromatic heterocycles. The molecule has 0 aromatic rings. The van der Waals surface area contributed by atoms with Crippen LogP contribution in [0.15, 0.2) is 0 Å². The highest BCUT2D eigenvalue weighted by Gasteiger charge is 2.47. The molecule has 0 aliphatic heterocycles. The van der Waals surface area contributed by atoms with Crippen LogP contribution in [0, 0.1) is 5.41 Å². The first-order chi connectivity index (χ1) is 5.77. The maximum atomic E-state index is 9.57. The lowest BCUT2D eigenvalue weighted by atomic mass is 9.69. The molecular weight excluding hydrogens is 170 g/mol. The van der Waals surface area contributed by atoms with E-state index in [1.165, 1.54) is 20.8 Å². The molecule has 0 aliphatic rings. The van der Waals surface area contributed by atoms with Crippen LogP contribution in [-0.2, 0) is 0 Å². The first-order valence-electron chi connectivity index (χ1n) is 4.57. The fraction of sp³-hybridized carbons (Fsp3) is 1.00. The number of rotatable bonds is 4. The van der Waals surface area contributed by atoms with Crippen molar-refractivity contribution in [1.82, 2.24) is 0 Å². The molecule has 80 valence electrons. The monoisotopic (exact) mass is 191 g/mol. The largest absolute Gasteiger partial charge is 0.393 e. The summed E-state index contributed by atoms with van der Waals surface area (Å²) < 4.78 is 0. The van der Waals surface area contributed by atoms with Crippen molar-refractivity contribution in [3.63, 3.8) is 0 Å². The van der Waals surface area contributed by atoms with E-state index in [2.05, 4.69) is 0 Å². The zero-order chi connectivity index (χ0) is 10.8. The van der Waals surface area contributed by atoms with Crippen LogP contribution in [0.3, 0.4) is 0 Å². The molecule has 0 saturated heterocycles. The summed E-state index contributed by atoms with van der Waals surface area (Å²) in [7, 11) is 0. The fourth-order valence-corrected chi connectivity index (χ4v) is 2.19. The van der Waals surface area contributed by atoms with Gasteiger partial charge >= 0.3 is 0 Å². The van der Waals surface area contributed by atoms with E-state index in [0.29, 0.717) is 0 Å². The van der Waals surface area contributed by atoms with E-state index >= 15 is 0 Å². The molecule has 0 spiro atoms. The molecule has 13 heavy (non-hydrogen) atoms. The molecular formula is C9H21NO3. The zero-order valence-corrected chi connectivity index (χ0v) is 8.73. The predicted molar refractivity (Wildman–Crippen MR) is 51.1 cm³/mol. The van der Waals surface area contributed by atoms with Crippen LogP contribution in [0.5, 0.6) is 0 Å². The summed E-state index contributed by atoms with van der Waals surface area (Å²) >= 11 is 0. The van der Waals surface area contributed by atoms with Crippen molar-refractivity contribution < 1.29 is 15.3 Å². The number of aliphatic hydroxyl groups is 3. The highest BCUT2D eigenvalue weighted by Crippen LogP contribution is 2.34. The Balaban J connectivity index is 5.06. The summed E-state index contributed by atoms with van der Waals surface area (Å²) in [5.41, 5.74) is 4.64. The average molecular weight is 191 g/mol. The van der Waals surface area contributed by atoms with E-state index in [1.807, 2.05) is 0 Å². The Kier molecular flexibility index (Phi) is 4.32. The maximum absolute atomic E-state index is 9.57. The van der Waals surface area contributed by atoms with E-state index < -0.39 is 29.8 Å². The van der Waals surface area contributed by atoms with Gasteiger partial charge in [0.2, 0.25) is 0 Å². The van der Waals surface area contributed by atoms with Gasteiger partial charge in [0.05, 0.1) is 23.7 Å². The molecule has 4 unspecified atom stereocenters. The normalized spacial score (nSPS) is 25.8. The van der Waals surface area contributed by atoms with Gasteiger partial charge in [-0.1, -0.05) is 0 Å². The van der Waals surface area contributed by atoms with E-state index in [9.17, 15) is 15.3 Å². The molecule has 0 aromatic carbocycles. The molecule has 4 atom stereocenters. The maximum Gasteiger partial charge on any atom is 0.0632 e. The number of aliphatic hydroxyl groups excluding tert-OH is 3. The van der Waals surface area contributed by atoms with Crippen LogP contribution in [0.2, 0.25) is 0 Å². The summed E-state index contributed by atoms with van der Waals surface area (Å²) in [6.07, 6.45) is -2.56. The second kappa shape index (κ2) is 4.37. The van der Waals surface area contributed by atoms with E-state index in [1.54, 1.807) is 6.92 Å². The van der Waals surface area contributed by atoms with Gasteiger partial charge in [-0.2, -0.15) is 0 Å². The molecule has 4 nitrogen and oxygen atoms in total. The third-order valence-electron chi connectivity index (χ3n) is 2.96. The van der Waals surface area contributed by atoms with E-state index in [4.69, 9.17) is 5.73 Å². The molecule has 0 amide bonds. The van der Waals surface area contributed by atoms with Crippen molar-refractivity contribution in [3.8, 4) is 0 Å². The fourth-order valence-electron chi connectivity index (χ4n) is 2.19. The summed E-state index contributed by atoms with van der Waals surface area (Å²) in [6.45, 7) is 6.26. The quantitative estimate of drug-likeness (QED) is 0.481. The Hall–Kier alpha value is -0.160. The molecule has 0 saturated carbocycles. The number of hydrogen-bond donors (Lipinski definition) is 4. The third kappa shape index (κ3) is 2.02. The second-order valence-corrected chi connectivity index (χ2v) is 3.82. The molecule has 0 bridgehead atoms. The van der Waals surface area contributed by atoms with E-state index in [0.717, 1.165) is 0 Å². The smallest absolute Gasteiger partial charge is 0.0632 e. The molecule has 0 fully saturated rings. The van der Waals surface area contributed by atoms with Crippen molar-refractivity contribution in [2.45, 2.75) is 52.0 Å². The van der Waals surface area contributed by atoms with Crippen LogP contribution in [-0.4, -0.2) is 39.7 Å². The molecule has 0 aliphatic carbocycles. The van der Waals surface area contributed by atoms with Crippen molar-refractivity contribution in [3.05, 3.63) is 0 Å². The first-order valence-corrected chi connectivity index (χ1v) is 4.57. The Morgan fingerprint density at radius 1 is 0.846 bits per heavy atom. The summed E-state index contributed by atoms with van der Waals surface area (Å²) in [5.74, 6) is 0. The summed E-state index contributed by atoms with van der Waals surface area (Å²) in [6, 6.07) is -0.479. The number of hydrogen-bond acceptors (Lipinski definition) is 4. The zero-order valence-electron chi connectivity index (χ0n) is 8.73. The molecule has 0 radical (unpaired) electrons. The Morgan fingerprint density at radius 3 is 1.08 bits per heavy atom. The van der Waals surface area contributed by atoms with Gasteiger partial charge < -0.3 is 21.1 Å². The predicted octanol–water partition coefficient (Wildman–Crippen LogP) is -0.538. The Morgan fingerprint density at radius 2 is 1.08 bits per heavy atom. The van der Waals surface area contributed by atoms with Gasteiger partial charge in [-0.05, 0) is 27.7 Å². The lowest BCUT2D eigenvalue weighted by Crippen LogP contribution is -2.60. The van der Waals surface area contributed by atoms with Gasteiger partial charge in [-0.25, -0.2) is 0 Å². The molecule has 0 heterocycles. The van der Waals surface area contributed by atoms with Crippen molar-refractivity contribution >= 4 is 0 Å². The summed E-state index contributed by atoms with van der Waals surface area (Å²) in [4.78, 5) is 0. The van der Waals surface area contributed by atoms with E-state index in [-0.39, 0.29) is 0 Å². The van der Waals surface area contributed by atoms with Crippen LogP contribution in [0.4, 0.5) is 0 Å². The molecule has 5 N–H and O–H groups in total. The third-order valence-corrected chi connectivity index (χ3v) is 2.96. The van der Waals surface area contributed by atoms with Crippen LogP contribution < -0.4 is 5.73 Å². The highest BCUT2D eigenvalue weighted by atomic mass is 16.3. The van der Waals surface area contributed by atoms with Crippen molar-refractivity contribution in [1.29, 1.82) is 0 Å². The van der Waals surface area contributed by atoms with Crippen LogP contribution in [0.1, 0.15) is 27.7 Å². The van der Waals surface area contributed by atoms with Gasteiger partial charge in [0, 0.05) is 6.04 Å². The lowest BCUT2D eigenvalue weighted by molar-refractivity contribution is -0.132. The van der Waals surface area contributed by atoms with Gasteiger partial charge in [0.15, 0.2) is 0 Å². The SMILES string of the molecule is CC(N)C(C(C)O)(C(C)O)C(C)O. The number of nitrogens with two attached hydrogens (primary N) is 1. The minimum absolute atomic E-state index is 0.479. The van der Waals surface area contributed by atoms with Gasteiger partial charge in [-0.15, -0.1) is 0 Å². The lowest BCUT2D eigenvalue weighted by Gasteiger charge is -2.44. The Bertz CT molecular complexity index is 117. The highest BCUT2D eigenvalue weighted by molar-refractivity contribution is 4.99. The summed E-state index contributed by atoms with van der Waals surface area (Å²) in [5, 5.41) is 28.7. The Labute approximate surface area is 79.4 Å². The van der Waals surface area contributed by atoms with Crippen LogP contribution >= 0.6 is 0 Å². The standard InChI is InChI=1S/C9H21NO3/c1-5(10)9(6(2)11,7(3)12)8(4)13/h5-8,11-13H,10H2,1-4H3. The van der Waals surface area contributed by atoms with Crippen molar-refractivity contribution in [2.75, 3.05) is 0 Å². The average Bonchev–Trinajstić information content (AvgIpc) is 1.82. The van der Waals surface area contributed by atoms with Gasteiger partial charge in [-0.3, -0.25) is 0 Å². The minimum Gasteiger partial charge on any atom is -0.393 e. The van der Waals surface area contributed by atoms with Crippen molar-refractivity contribution in [2.24, 2.45) is 11.1 Å². The van der Waals surface area contributed by atoms with Crippen LogP contribution in [0.25, 0.3) is 0 Å². The second-order valence-electron chi connectivity index (χ2n) is 3.82. The molecule has 4 heteroatoms. The van der Waals surface area contributed by atoms with Gasteiger partial charge in [0.25, 0.3) is 0 Å². The van der Waals surface area contributed by atoms with Gasteiger partial charge in [0.1, 0.15) is 0 Å².